The summed E-state index contributed by atoms with van der Waals surface area (Å²) in [6.07, 6.45) is 1.02. The van der Waals surface area contributed by atoms with Crippen molar-refractivity contribution in [1.29, 1.82) is 0 Å². The predicted molar refractivity (Wildman–Crippen MR) is 83.6 cm³/mol. The Kier molecular flexibility index (Phi) is 4.42. The first kappa shape index (κ1) is 15.4. The second-order valence-electron chi connectivity index (χ2n) is 5.50. The lowest BCUT2D eigenvalue weighted by Gasteiger charge is -2.30. The zero-order valence-corrected chi connectivity index (χ0v) is 13.2. The molecule has 1 aromatic carbocycles. The fourth-order valence-electron chi connectivity index (χ4n) is 2.90. The maximum Gasteiger partial charge on any atom is 0.264 e. The molecule has 1 aliphatic heterocycles. The summed E-state index contributed by atoms with van der Waals surface area (Å²) in [5.74, 6) is -0.482. The standard InChI is InChI=1S/C16H18FNO3S/c1-21-9-11-14-12(17)5-2-6-13(14)22-15(11)16(20)18-7-3-4-10(19)8-18/h2,5-6,10,19H,3-4,7-9H2,1H3. The number of aliphatic hydroxyl groups excluding tert-OH is 1. The van der Waals surface area contributed by atoms with Gasteiger partial charge in [0.15, 0.2) is 0 Å². The van der Waals surface area contributed by atoms with Crippen molar-refractivity contribution in [1.82, 2.24) is 4.90 Å². The summed E-state index contributed by atoms with van der Waals surface area (Å²) in [4.78, 5) is 14.9. The van der Waals surface area contributed by atoms with Crippen LogP contribution in [-0.4, -0.2) is 42.2 Å². The summed E-state index contributed by atoms with van der Waals surface area (Å²) in [7, 11) is 1.53. The SMILES string of the molecule is COCc1c(C(=O)N2CCCC(O)C2)sc2cccc(F)c12. The van der Waals surface area contributed by atoms with Crippen molar-refractivity contribution in [2.75, 3.05) is 20.2 Å². The number of hydrogen-bond donors (Lipinski definition) is 1. The summed E-state index contributed by atoms with van der Waals surface area (Å²) in [6.45, 7) is 1.15. The van der Waals surface area contributed by atoms with Gasteiger partial charge in [-0.3, -0.25) is 4.79 Å². The van der Waals surface area contributed by atoms with Crippen molar-refractivity contribution in [3.05, 3.63) is 34.5 Å². The quantitative estimate of drug-likeness (QED) is 0.945. The molecule has 1 aromatic heterocycles. The van der Waals surface area contributed by atoms with E-state index in [4.69, 9.17) is 4.74 Å². The number of hydrogen-bond acceptors (Lipinski definition) is 4. The van der Waals surface area contributed by atoms with Crippen LogP contribution in [0.2, 0.25) is 0 Å². The number of thiophene rings is 1. The monoisotopic (exact) mass is 323 g/mol. The zero-order valence-electron chi connectivity index (χ0n) is 12.3. The second-order valence-corrected chi connectivity index (χ2v) is 6.56. The molecule has 4 nitrogen and oxygen atoms in total. The van der Waals surface area contributed by atoms with E-state index in [0.717, 1.165) is 17.5 Å². The first-order chi connectivity index (χ1) is 10.6. The van der Waals surface area contributed by atoms with Gasteiger partial charge in [0.25, 0.3) is 5.91 Å². The number of rotatable bonds is 3. The molecule has 2 heterocycles. The van der Waals surface area contributed by atoms with E-state index in [9.17, 15) is 14.3 Å². The van der Waals surface area contributed by atoms with Crippen LogP contribution in [0.4, 0.5) is 4.39 Å². The molecule has 2 aromatic rings. The van der Waals surface area contributed by atoms with Crippen LogP contribution in [0.3, 0.4) is 0 Å². The molecule has 0 spiro atoms. The topological polar surface area (TPSA) is 49.8 Å². The third kappa shape index (κ3) is 2.74. The molecule has 1 N–H and O–H groups in total. The number of fused-ring (bicyclic) bond motifs is 1. The molecule has 22 heavy (non-hydrogen) atoms. The summed E-state index contributed by atoms with van der Waals surface area (Å²) < 4.78 is 20.0. The number of methoxy groups -OCH3 is 1. The lowest BCUT2D eigenvalue weighted by Crippen LogP contribution is -2.42. The van der Waals surface area contributed by atoms with Gasteiger partial charge in [0.2, 0.25) is 0 Å². The average molecular weight is 323 g/mol. The molecular formula is C16H18FNO3S. The highest BCUT2D eigenvalue weighted by Crippen LogP contribution is 2.35. The molecule has 1 unspecified atom stereocenters. The fraction of sp³-hybridized carbons (Fsp3) is 0.438. The Balaban J connectivity index is 2.03. The summed E-state index contributed by atoms with van der Waals surface area (Å²) in [5, 5.41) is 10.2. The molecule has 6 heteroatoms. The Morgan fingerprint density at radius 3 is 3.09 bits per heavy atom. The average Bonchev–Trinajstić information content (AvgIpc) is 2.87. The van der Waals surface area contributed by atoms with Crippen molar-refractivity contribution in [2.45, 2.75) is 25.6 Å². The lowest BCUT2D eigenvalue weighted by atomic mass is 10.1. The number of likely N-dealkylation sites (tertiary alicyclic amines) is 1. The van der Waals surface area contributed by atoms with Gasteiger partial charge in [-0.1, -0.05) is 6.07 Å². The predicted octanol–water partition coefficient (Wildman–Crippen LogP) is 2.78. The Morgan fingerprint density at radius 2 is 2.36 bits per heavy atom. The number of benzene rings is 1. The highest BCUT2D eigenvalue weighted by Gasteiger charge is 2.27. The maximum absolute atomic E-state index is 14.1. The van der Waals surface area contributed by atoms with Crippen LogP contribution >= 0.6 is 11.3 Å². The third-order valence-electron chi connectivity index (χ3n) is 3.93. The minimum atomic E-state index is -0.477. The molecule has 1 aliphatic rings. The van der Waals surface area contributed by atoms with E-state index < -0.39 is 6.10 Å². The molecule has 0 saturated carbocycles. The van der Waals surface area contributed by atoms with E-state index in [1.54, 1.807) is 11.0 Å². The Morgan fingerprint density at radius 1 is 1.55 bits per heavy atom. The van der Waals surface area contributed by atoms with Crippen molar-refractivity contribution in [2.24, 2.45) is 0 Å². The van der Waals surface area contributed by atoms with Crippen molar-refractivity contribution < 1.29 is 19.0 Å². The summed E-state index contributed by atoms with van der Waals surface area (Å²) in [5.41, 5.74) is 0.602. The smallest absolute Gasteiger partial charge is 0.264 e. The normalized spacial score (nSPS) is 18.9. The van der Waals surface area contributed by atoms with E-state index in [1.165, 1.54) is 24.5 Å². The van der Waals surface area contributed by atoms with Crippen LogP contribution in [0.25, 0.3) is 10.1 Å². The van der Waals surface area contributed by atoms with Crippen molar-refractivity contribution in [3.8, 4) is 0 Å². The van der Waals surface area contributed by atoms with Gasteiger partial charge >= 0.3 is 0 Å². The number of halogens is 1. The Bertz CT molecular complexity index is 700. The molecule has 0 radical (unpaired) electrons. The first-order valence-corrected chi connectivity index (χ1v) is 8.09. The van der Waals surface area contributed by atoms with Crippen LogP contribution in [0, 0.1) is 5.82 Å². The molecule has 118 valence electrons. The molecule has 1 amide bonds. The molecule has 1 saturated heterocycles. The molecule has 0 bridgehead atoms. The van der Waals surface area contributed by atoms with Crippen LogP contribution in [0.5, 0.6) is 0 Å². The highest BCUT2D eigenvalue weighted by atomic mass is 32.1. The van der Waals surface area contributed by atoms with Gasteiger partial charge in [0.1, 0.15) is 5.82 Å². The van der Waals surface area contributed by atoms with Gasteiger partial charge < -0.3 is 14.7 Å². The number of carbonyl (C=O) groups excluding carboxylic acids is 1. The summed E-state index contributed by atoms with van der Waals surface area (Å²) in [6, 6.07) is 4.85. The van der Waals surface area contributed by atoms with Crippen LogP contribution < -0.4 is 0 Å². The van der Waals surface area contributed by atoms with E-state index in [1.807, 2.05) is 6.07 Å². The first-order valence-electron chi connectivity index (χ1n) is 7.28. The number of piperidine rings is 1. The van der Waals surface area contributed by atoms with Gasteiger partial charge in [0, 0.05) is 35.8 Å². The number of β-amino-alcohol motifs (C(OH)–C–C–N with tert-alkyl or cyclic N) is 1. The largest absolute Gasteiger partial charge is 0.391 e. The molecular weight excluding hydrogens is 305 g/mol. The third-order valence-corrected chi connectivity index (χ3v) is 5.12. The molecule has 1 fully saturated rings. The van der Waals surface area contributed by atoms with Gasteiger partial charge in [-0.25, -0.2) is 4.39 Å². The Labute approximate surface area is 132 Å². The zero-order chi connectivity index (χ0) is 15.7. The Hall–Kier alpha value is -1.50. The van der Waals surface area contributed by atoms with Crippen LogP contribution in [-0.2, 0) is 11.3 Å². The molecule has 3 rings (SSSR count). The van der Waals surface area contributed by atoms with E-state index in [2.05, 4.69) is 0 Å². The van der Waals surface area contributed by atoms with Crippen molar-refractivity contribution >= 4 is 27.3 Å². The molecule has 0 aliphatic carbocycles. The number of aliphatic hydroxyl groups is 1. The van der Waals surface area contributed by atoms with E-state index >= 15 is 0 Å². The number of carbonyl (C=O) groups is 1. The number of amides is 1. The van der Waals surface area contributed by atoms with Crippen LogP contribution in [0.15, 0.2) is 18.2 Å². The van der Waals surface area contributed by atoms with Crippen LogP contribution in [0.1, 0.15) is 28.1 Å². The minimum absolute atomic E-state index is 0.147. The van der Waals surface area contributed by atoms with Gasteiger partial charge in [-0.05, 0) is 25.0 Å². The summed E-state index contributed by atoms with van der Waals surface area (Å²) >= 11 is 1.29. The van der Waals surface area contributed by atoms with E-state index in [-0.39, 0.29) is 18.3 Å². The minimum Gasteiger partial charge on any atom is -0.391 e. The van der Waals surface area contributed by atoms with Gasteiger partial charge in [-0.15, -0.1) is 11.3 Å². The fourth-order valence-corrected chi connectivity index (χ4v) is 4.09. The second kappa shape index (κ2) is 6.32. The van der Waals surface area contributed by atoms with Gasteiger partial charge in [-0.2, -0.15) is 0 Å². The number of nitrogens with zero attached hydrogens (tertiary/aromatic N) is 1. The highest BCUT2D eigenvalue weighted by molar-refractivity contribution is 7.21. The lowest BCUT2D eigenvalue weighted by molar-refractivity contribution is 0.0475. The van der Waals surface area contributed by atoms with Crippen molar-refractivity contribution in [3.63, 3.8) is 0 Å². The maximum atomic E-state index is 14.1. The number of ether oxygens (including phenoxy) is 1. The van der Waals surface area contributed by atoms with Gasteiger partial charge in [0.05, 0.1) is 17.6 Å². The van der Waals surface area contributed by atoms with E-state index in [0.29, 0.717) is 28.9 Å². The molecule has 1 atom stereocenters.